The number of fused-ring (bicyclic) bond motifs is 1. The minimum atomic E-state index is -0.291. The van der Waals surface area contributed by atoms with Crippen molar-refractivity contribution in [3.63, 3.8) is 0 Å². The van der Waals surface area contributed by atoms with Gasteiger partial charge in [-0.15, -0.1) is 0 Å². The standard InChI is InChI=1S/C19H24N2O3.C2H6/c1-22-18-14-15-3-2-7-20-17(15)13-16(18)4-8-21-9-5-19(6-10-21)23-11-12-24-19;1-2/h2-3,7,13-14H,4-6,8-12H2,1H3;1-2H3. The third kappa shape index (κ3) is 4.17. The fourth-order valence-electron chi connectivity index (χ4n) is 3.71. The van der Waals surface area contributed by atoms with E-state index in [1.165, 1.54) is 5.56 Å². The van der Waals surface area contributed by atoms with Crippen molar-refractivity contribution in [3.05, 3.63) is 36.0 Å². The van der Waals surface area contributed by atoms with Crippen LogP contribution in [-0.4, -0.2) is 55.6 Å². The number of nitrogens with zero attached hydrogens (tertiary/aromatic N) is 2. The number of piperidine rings is 1. The number of aromatic nitrogens is 1. The van der Waals surface area contributed by atoms with Gasteiger partial charge in [0, 0.05) is 44.1 Å². The Morgan fingerprint density at radius 2 is 1.88 bits per heavy atom. The van der Waals surface area contributed by atoms with Crippen LogP contribution in [0.2, 0.25) is 0 Å². The lowest BCUT2D eigenvalue weighted by Gasteiger charge is -2.37. The monoisotopic (exact) mass is 358 g/mol. The lowest BCUT2D eigenvalue weighted by Crippen LogP contribution is -2.45. The minimum absolute atomic E-state index is 0.291. The molecule has 3 heterocycles. The fraction of sp³-hybridized carbons (Fsp3) is 0.571. The van der Waals surface area contributed by atoms with Crippen LogP contribution in [0.1, 0.15) is 32.3 Å². The molecule has 1 spiro atoms. The first-order valence-corrected chi connectivity index (χ1v) is 9.70. The number of hydrogen-bond donors (Lipinski definition) is 0. The molecule has 2 aliphatic rings. The van der Waals surface area contributed by atoms with E-state index < -0.39 is 0 Å². The Morgan fingerprint density at radius 1 is 1.15 bits per heavy atom. The summed E-state index contributed by atoms with van der Waals surface area (Å²) >= 11 is 0. The van der Waals surface area contributed by atoms with E-state index in [9.17, 15) is 0 Å². The van der Waals surface area contributed by atoms with Crippen LogP contribution in [-0.2, 0) is 15.9 Å². The Balaban J connectivity index is 0.000000948. The van der Waals surface area contributed by atoms with Gasteiger partial charge in [-0.05, 0) is 30.2 Å². The maximum absolute atomic E-state index is 5.80. The van der Waals surface area contributed by atoms with Crippen LogP contribution in [0.15, 0.2) is 30.5 Å². The Bertz CT molecular complexity index is 703. The molecular formula is C21H30N2O3. The third-order valence-corrected chi connectivity index (χ3v) is 5.13. The van der Waals surface area contributed by atoms with Gasteiger partial charge in [-0.2, -0.15) is 0 Å². The van der Waals surface area contributed by atoms with E-state index in [-0.39, 0.29) is 5.79 Å². The second-order valence-corrected chi connectivity index (χ2v) is 6.56. The Hall–Kier alpha value is -1.69. The molecule has 0 amide bonds. The van der Waals surface area contributed by atoms with E-state index in [2.05, 4.69) is 28.1 Å². The molecule has 2 aromatic rings. The predicted octanol–water partition coefficient (Wildman–Crippen LogP) is 3.65. The average molecular weight is 358 g/mol. The van der Waals surface area contributed by atoms with Gasteiger partial charge in [-0.3, -0.25) is 4.98 Å². The molecule has 1 aromatic heterocycles. The first kappa shape index (κ1) is 19.1. The minimum Gasteiger partial charge on any atom is -0.496 e. The normalized spacial score (nSPS) is 19.3. The zero-order chi connectivity index (χ0) is 18.4. The molecule has 0 radical (unpaired) electrons. The van der Waals surface area contributed by atoms with Gasteiger partial charge in [0.1, 0.15) is 5.75 Å². The van der Waals surface area contributed by atoms with Crippen molar-refractivity contribution in [3.8, 4) is 5.75 Å². The molecule has 0 unspecified atom stereocenters. The molecule has 2 saturated heterocycles. The van der Waals surface area contributed by atoms with E-state index in [0.29, 0.717) is 0 Å². The van der Waals surface area contributed by atoms with Crippen molar-refractivity contribution in [2.45, 2.75) is 38.9 Å². The maximum atomic E-state index is 5.80. The number of likely N-dealkylation sites (tertiary alicyclic amines) is 1. The van der Waals surface area contributed by atoms with E-state index in [4.69, 9.17) is 14.2 Å². The van der Waals surface area contributed by atoms with Crippen LogP contribution in [0.3, 0.4) is 0 Å². The van der Waals surface area contributed by atoms with Gasteiger partial charge in [0.05, 0.1) is 25.8 Å². The summed E-state index contributed by atoms with van der Waals surface area (Å²) in [5.41, 5.74) is 2.25. The first-order chi connectivity index (χ1) is 12.8. The molecule has 26 heavy (non-hydrogen) atoms. The Morgan fingerprint density at radius 3 is 2.58 bits per heavy atom. The molecule has 4 rings (SSSR count). The number of pyridine rings is 1. The van der Waals surface area contributed by atoms with Gasteiger partial charge in [-0.1, -0.05) is 19.9 Å². The summed E-state index contributed by atoms with van der Waals surface area (Å²) in [7, 11) is 1.74. The highest BCUT2D eigenvalue weighted by Crippen LogP contribution is 2.31. The second-order valence-electron chi connectivity index (χ2n) is 6.56. The number of hydrogen-bond acceptors (Lipinski definition) is 5. The highest BCUT2D eigenvalue weighted by atomic mass is 16.7. The van der Waals surface area contributed by atoms with E-state index in [1.54, 1.807) is 7.11 Å². The van der Waals surface area contributed by atoms with Crippen LogP contribution in [0, 0.1) is 0 Å². The molecule has 5 nitrogen and oxygen atoms in total. The van der Waals surface area contributed by atoms with Gasteiger partial charge in [0.25, 0.3) is 0 Å². The molecule has 5 heteroatoms. The van der Waals surface area contributed by atoms with Crippen LogP contribution < -0.4 is 4.74 Å². The molecule has 0 bridgehead atoms. The van der Waals surface area contributed by atoms with Crippen LogP contribution in [0.25, 0.3) is 10.9 Å². The fourth-order valence-corrected chi connectivity index (χ4v) is 3.71. The molecular weight excluding hydrogens is 328 g/mol. The molecule has 0 atom stereocenters. The van der Waals surface area contributed by atoms with Gasteiger partial charge in [0.2, 0.25) is 0 Å². The average Bonchev–Trinajstić information content (AvgIpc) is 3.16. The third-order valence-electron chi connectivity index (χ3n) is 5.13. The number of benzene rings is 1. The van der Waals surface area contributed by atoms with Gasteiger partial charge < -0.3 is 19.1 Å². The van der Waals surface area contributed by atoms with Crippen molar-refractivity contribution >= 4 is 10.9 Å². The summed E-state index contributed by atoms with van der Waals surface area (Å²) in [6, 6.07) is 8.27. The zero-order valence-corrected chi connectivity index (χ0v) is 16.2. The number of ether oxygens (including phenoxy) is 3. The highest BCUT2D eigenvalue weighted by molar-refractivity contribution is 5.81. The Labute approximate surface area is 156 Å². The van der Waals surface area contributed by atoms with Crippen molar-refractivity contribution in [1.82, 2.24) is 9.88 Å². The summed E-state index contributed by atoms with van der Waals surface area (Å²) in [5.74, 6) is 0.660. The van der Waals surface area contributed by atoms with Crippen LogP contribution in [0.4, 0.5) is 0 Å². The predicted molar refractivity (Wildman–Crippen MR) is 104 cm³/mol. The molecule has 142 valence electrons. The summed E-state index contributed by atoms with van der Waals surface area (Å²) in [6.45, 7) is 8.54. The maximum Gasteiger partial charge on any atom is 0.170 e. The highest BCUT2D eigenvalue weighted by Gasteiger charge is 2.39. The molecule has 0 N–H and O–H groups in total. The summed E-state index contributed by atoms with van der Waals surface area (Å²) in [4.78, 5) is 6.94. The molecule has 0 aliphatic carbocycles. The molecule has 2 fully saturated rings. The summed E-state index contributed by atoms with van der Waals surface area (Å²) in [5, 5.41) is 1.12. The van der Waals surface area contributed by atoms with Crippen molar-refractivity contribution in [2.75, 3.05) is 40.0 Å². The van der Waals surface area contributed by atoms with Crippen molar-refractivity contribution in [1.29, 1.82) is 0 Å². The van der Waals surface area contributed by atoms with E-state index in [1.807, 2.05) is 26.1 Å². The van der Waals surface area contributed by atoms with Gasteiger partial charge in [-0.25, -0.2) is 0 Å². The zero-order valence-electron chi connectivity index (χ0n) is 16.2. The molecule has 2 aliphatic heterocycles. The summed E-state index contributed by atoms with van der Waals surface area (Å²) in [6.07, 6.45) is 4.72. The molecule has 1 aromatic carbocycles. The molecule has 0 saturated carbocycles. The van der Waals surface area contributed by atoms with Crippen LogP contribution in [0.5, 0.6) is 5.75 Å². The number of methoxy groups -OCH3 is 1. The van der Waals surface area contributed by atoms with E-state index >= 15 is 0 Å². The first-order valence-electron chi connectivity index (χ1n) is 9.70. The lowest BCUT2D eigenvalue weighted by atomic mass is 10.0. The summed E-state index contributed by atoms with van der Waals surface area (Å²) < 4.78 is 17.2. The topological polar surface area (TPSA) is 43.8 Å². The second kappa shape index (κ2) is 8.80. The van der Waals surface area contributed by atoms with Gasteiger partial charge in [0.15, 0.2) is 5.79 Å². The van der Waals surface area contributed by atoms with Crippen molar-refractivity contribution in [2.24, 2.45) is 0 Å². The quantitative estimate of drug-likeness (QED) is 0.835. The van der Waals surface area contributed by atoms with E-state index in [0.717, 1.165) is 68.8 Å². The SMILES string of the molecule is CC.COc1cc2cccnc2cc1CCN1CCC2(CC1)OCCO2. The van der Waals surface area contributed by atoms with Gasteiger partial charge >= 0.3 is 0 Å². The largest absolute Gasteiger partial charge is 0.496 e. The Kier molecular flexibility index (Phi) is 6.46. The number of rotatable bonds is 4. The van der Waals surface area contributed by atoms with Crippen molar-refractivity contribution < 1.29 is 14.2 Å². The lowest BCUT2D eigenvalue weighted by molar-refractivity contribution is -0.185. The van der Waals surface area contributed by atoms with Crippen LogP contribution >= 0.6 is 0 Å². The smallest absolute Gasteiger partial charge is 0.170 e.